The van der Waals surface area contributed by atoms with E-state index in [1.165, 1.54) is 0 Å². The number of anilines is 1. The first-order valence-electron chi connectivity index (χ1n) is 7.29. The number of benzene rings is 1. The predicted molar refractivity (Wildman–Crippen MR) is 86.1 cm³/mol. The lowest BCUT2D eigenvalue weighted by molar-refractivity contribution is -0.119. The first-order chi connectivity index (χ1) is 10.2. The lowest BCUT2D eigenvalue weighted by Gasteiger charge is -2.12. The SMILES string of the molecule is O=C(Nc1ccnn1Cc1ccc(Br)cc1)C1CCCC1. The minimum Gasteiger partial charge on any atom is -0.311 e. The molecule has 3 rings (SSSR count). The van der Waals surface area contributed by atoms with Crippen LogP contribution >= 0.6 is 15.9 Å². The Bertz CT molecular complexity index is 615. The van der Waals surface area contributed by atoms with Crippen LogP contribution in [0.2, 0.25) is 0 Å². The molecule has 1 aromatic heterocycles. The fraction of sp³-hybridized carbons (Fsp3) is 0.375. The van der Waals surface area contributed by atoms with Gasteiger partial charge in [-0.1, -0.05) is 40.9 Å². The van der Waals surface area contributed by atoms with E-state index in [-0.39, 0.29) is 11.8 Å². The second-order valence-electron chi connectivity index (χ2n) is 5.47. The molecule has 4 nitrogen and oxygen atoms in total. The number of carbonyl (C=O) groups is 1. The Hall–Kier alpha value is -1.62. The molecule has 0 spiro atoms. The topological polar surface area (TPSA) is 46.9 Å². The van der Waals surface area contributed by atoms with Crippen LogP contribution < -0.4 is 5.32 Å². The lowest BCUT2D eigenvalue weighted by atomic mass is 10.1. The number of hydrogen-bond donors (Lipinski definition) is 1. The van der Waals surface area contributed by atoms with Crippen molar-refractivity contribution in [3.8, 4) is 0 Å². The van der Waals surface area contributed by atoms with Crippen LogP contribution in [-0.4, -0.2) is 15.7 Å². The largest absolute Gasteiger partial charge is 0.311 e. The first-order valence-corrected chi connectivity index (χ1v) is 8.09. The van der Waals surface area contributed by atoms with Gasteiger partial charge in [0.05, 0.1) is 12.7 Å². The van der Waals surface area contributed by atoms with Crippen molar-refractivity contribution in [3.05, 3.63) is 46.6 Å². The Balaban J connectivity index is 1.68. The molecule has 0 atom stereocenters. The van der Waals surface area contributed by atoms with Gasteiger partial charge in [-0.2, -0.15) is 5.10 Å². The van der Waals surface area contributed by atoms with Gasteiger partial charge in [0, 0.05) is 16.5 Å². The van der Waals surface area contributed by atoms with E-state index < -0.39 is 0 Å². The van der Waals surface area contributed by atoms with Crippen LogP contribution in [0.3, 0.4) is 0 Å². The fourth-order valence-electron chi connectivity index (χ4n) is 2.74. The second-order valence-corrected chi connectivity index (χ2v) is 6.39. The summed E-state index contributed by atoms with van der Waals surface area (Å²) in [7, 11) is 0. The number of amides is 1. The lowest BCUT2D eigenvalue weighted by Crippen LogP contribution is -2.22. The Morgan fingerprint density at radius 1 is 1.24 bits per heavy atom. The zero-order valence-corrected chi connectivity index (χ0v) is 13.3. The third-order valence-corrected chi connectivity index (χ3v) is 4.47. The highest BCUT2D eigenvalue weighted by atomic mass is 79.9. The molecule has 1 aromatic carbocycles. The van der Waals surface area contributed by atoms with Crippen LogP contribution in [0.1, 0.15) is 31.2 Å². The first kappa shape index (κ1) is 14.3. The van der Waals surface area contributed by atoms with Gasteiger partial charge in [0.25, 0.3) is 0 Å². The van der Waals surface area contributed by atoms with Gasteiger partial charge in [-0.25, -0.2) is 4.68 Å². The molecule has 0 bridgehead atoms. The molecule has 1 saturated carbocycles. The number of nitrogens with zero attached hydrogens (tertiary/aromatic N) is 2. The standard InChI is InChI=1S/C16H18BrN3O/c17-14-7-5-12(6-8-14)11-20-15(9-10-18-20)19-16(21)13-3-1-2-4-13/h5-10,13H,1-4,11H2,(H,19,21). The van der Waals surface area contributed by atoms with E-state index >= 15 is 0 Å². The molecule has 1 N–H and O–H groups in total. The maximum Gasteiger partial charge on any atom is 0.228 e. The van der Waals surface area contributed by atoms with E-state index in [1.54, 1.807) is 6.20 Å². The summed E-state index contributed by atoms with van der Waals surface area (Å²) in [4.78, 5) is 12.2. The number of aromatic nitrogens is 2. The van der Waals surface area contributed by atoms with Gasteiger partial charge >= 0.3 is 0 Å². The minimum absolute atomic E-state index is 0.130. The fourth-order valence-corrected chi connectivity index (χ4v) is 3.01. The maximum atomic E-state index is 12.2. The van der Waals surface area contributed by atoms with Crippen molar-refractivity contribution in [1.29, 1.82) is 0 Å². The zero-order chi connectivity index (χ0) is 14.7. The van der Waals surface area contributed by atoms with Crippen LogP contribution in [0, 0.1) is 5.92 Å². The monoisotopic (exact) mass is 347 g/mol. The molecule has 0 saturated heterocycles. The van der Waals surface area contributed by atoms with E-state index in [0.29, 0.717) is 6.54 Å². The third kappa shape index (κ3) is 3.53. The average Bonchev–Trinajstić information content (AvgIpc) is 3.14. The van der Waals surface area contributed by atoms with Gasteiger partial charge in [0.15, 0.2) is 0 Å². The quantitative estimate of drug-likeness (QED) is 0.913. The van der Waals surface area contributed by atoms with Crippen molar-refractivity contribution in [3.63, 3.8) is 0 Å². The van der Waals surface area contributed by atoms with Crippen molar-refractivity contribution in [2.24, 2.45) is 5.92 Å². The summed E-state index contributed by atoms with van der Waals surface area (Å²) in [5.74, 6) is 1.07. The maximum absolute atomic E-state index is 12.2. The van der Waals surface area contributed by atoms with E-state index in [4.69, 9.17) is 0 Å². The Kier molecular flexibility index (Phi) is 4.39. The molecule has 1 aliphatic rings. The average molecular weight is 348 g/mol. The summed E-state index contributed by atoms with van der Waals surface area (Å²) in [6.45, 7) is 0.653. The molecular weight excluding hydrogens is 330 g/mol. The summed E-state index contributed by atoms with van der Waals surface area (Å²) >= 11 is 3.43. The predicted octanol–water partition coefficient (Wildman–Crippen LogP) is 3.82. The van der Waals surface area contributed by atoms with Gasteiger partial charge < -0.3 is 5.32 Å². The van der Waals surface area contributed by atoms with Crippen LogP contribution in [-0.2, 0) is 11.3 Å². The highest BCUT2D eigenvalue weighted by Gasteiger charge is 2.23. The Morgan fingerprint density at radius 2 is 1.95 bits per heavy atom. The molecule has 1 aliphatic carbocycles. The van der Waals surface area contributed by atoms with Gasteiger partial charge in [0.1, 0.15) is 5.82 Å². The Morgan fingerprint density at radius 3 is 2.67 bits per heavy atom. The van der Waals surface area contributed by atoms with Gasteiger partial charge in [-0.15, -0.1) is 0 Å². The van der Waals surface area contributed by atoms with E-state index in [1.807, 2.05) is 35.0 Å². The van der Waals surface area contributed by atoms with E-state index in [9.17, 15) is 4.79 Å². The summed E-state index contributed by atoms with van der Waals surface area (Å²) in [6, 6.07) is 9.97. The molecule has 1 heterocycles. The van der Waals surface area contributed by atoms with Crippen molar-refractivity contribution >= 4 is 27.7 Å². The molecule has 1 fully saturated rings. The third-order valence-electron chi connectivity index (χ3n) is 3.94. The van der Waals surface area contributed by atoms with Crippen molar-refractivity contribution in [2.45, 2.75) is 32.2 Å². The minimum atomic E-state index is 0.130. The van der Waals surface area contributed by atoms with Crippen LogP contribution in [0.5, 0.6) is 0 Å². The molecular formula is C16H18BrN3O. The van der Waals surface area contributed by atoms with Crippen LogP contribution in [0.4, 0.5) is 5.82 Å². The number of rotatable bonds is 4. The molecule has 110 valence electrons. The molecule has 0 radical (unpaired) electrons. The van der Waals surface area contributed by atoms with E-state index in [2.05, 4.69) is 26.3 Å². The van der Waals surface area contributed by atoms with Crippen molar-refractivity contribution in [2.75, 3.05) is 5.32 Å². The summed E-state index contributed by atoms with van der Waals surface area (Å²) in [6.07, 6.45) is 6.06. The summed E-state index contributed by atoms with van der Waals surface area (Å²) in [5, 5.41) is 7.32. The van der Waals surface area contributed by atoms with E-state index in [0.717, 1.165) is 41.5 Å². The summed E-state index contributed by atoms with van der Waals surface area (Å²) < 4.78 is 2.89. The van der Waals surface area contributed by atoms with Gasteiger partial charge in [-0.3, -0.25) is 4.79 Å². The second kappa shape index (κ2) is 6.43. The van der Waals surface area contributed by atoms with Crippen LogP contribution in [0.15, 0.2) is 41.0 Å². The molecule has 0 unspecified atom stereocenters. The van der Waals surface area contributed by atoms with Crippen LogP contribution in [0.25, 0.3) is 0 Å². The molecule has 1 amide bonds. The van der Waals surface area contributed by atoms with Gasteiger partial charge in [-0.05, 0) is 30.5 Å². The number of halogens is 1. The number of hydrogen-bond acceptors (Lipinski definition) is 2. The number of nitrogens with one attached hydrogen (secondary N) is 1. The highest BCUT2D eigenvalue weighted by molar-refractivity contribution is 9.10. The molecule has 5 heteroatoms. The smallest absolute Gasteiger partial charge is 0.228 e. The molecule has 2 aromatic rings. The van der Waals surface area contributed by atoms with Gasteiger partial charge in [0.2, 0.25) is 5.91 Å². The normalized spacial score (nSPS) is 15.3. The Labute approximate surface area is 132 Å². The molecule has 21 heavy (non-hydrogen) atoms. The molecule has 0 aliphatic heterocycles. The van der Waals surface area contributed by atoms with Crippen molar-refractivity contribution in [1.82, 2.24) is 9.78 Å². The zero-order valence-electron chi connectivity index (χ0n) is 11.8. The number of carbonyl (C=O) groups excluding carboxylic acids is 1. The highest BCUT2D eigenvalue weighted by Crippen LogP contribution is 2.26. The summed E-state index contributed by atoms with van der Waals surface area (Å²) in [5.41, 5.74) is 1.15. The van der Waals surface area contributed by atoms with Crippen molar-refractivity contribution < 1.29 is 4.79 Å².